The maximum atomic E-state index is 12.7. The minimum atomic E-state index is -0.433. The summed E-state index contributed by atoms with van der Waals surface area (Å²) in [5.41, 5.74) is 2.91. The maximum Gasteiger partial charge on any atom is 0.229 e. The van der Waals surface area contributed by atoms with Crippen LogP contribution < -0.4 is 15.1 Å². The lowest BCUT2D eigenvalue weighted by Crippen LogP contribution is -2.28. The molecule has 1 N–H and O–H groups in total. The molecule has 2 aliphatic rings. The lowest BCUT2D eigenvalue weighted by atomic mass is 10.1. The molecule has 2 heterocycles. The number of anilines is 3. The van der Waals surface area contributed by atoms with Gasteiger partial charge in [0.15, 0.2) is 0 Å². The van der Waals surface area contributed by atoms with Gasteiger partial charge in [0.25, 0.3) is 0 Å². The molecule has 1 unspecified atom stereocenters. The Hall–Kier alpha value is -3.33. The third-order valence-electron chi connectivity index (χ3n) is 5.42. The second kappa shape index (κ2) is 7.73. The van der Waals surface area contributed by atoms with Crippen LogP contribution in [0.2, 0.25) is 0 Å². The van der Waals surface area contributed by atoms with Gasteiger partial charge in [-0.3, -0.25) is 9.59 Å². The summed E-state index contributed by atoms with van der Waals surface area (Å²) < 4.78 is 0. The standard InChI is InChI=1S/C22H22N4O2/c23-14-16-5-1-2-6-20(16)26-15-17(13-21(26)27)22(28)24-18-7-9-19(10-8-18)25-11-3-4-12-25/h1-2,5-10,17H,3-4,11-13,15H2,(H,24,28). The lowest BCUT2D eigenvalue weighted by Gasteiger charge is -2.19. The molecule has 142 valence electrons. The van der Waals surface area contributed by atoms with Crippen LogP contribution in [0.3, 0.4) is 0 Å². The molecule has 2 aromatic rings. The lowest BCUT2D eigenvalue weighted by molar-refractivity contribution is -0.122. The number of carbonyl (C=O) groups is 2. The topological polar surface area (TPSA) is 76.4 Å². The molecule has 2 aliphatic heterocycles. The van der Waals surface area contributed by atoms with Gasteiger partial charge in [0.1, 0.15) is 6.07 Å². The molecule has 28 heavy (non-hydrogen) atoms. The first kappa shape index (κ1) is 18.1. The van der Waals surface area contributed by atoms with Gasteiger partial charge in [0, 0.05) is 37.4 Å². The van der Waals surface area contributed by atoms with Crippen LogP contribution in [0.1, 0.15) is 24.8 Å². The van der Waals surface area contributed by atoms with Crippen molar-refractivity contribution in [1.82, 2.24) is 0 Å². The molecule has 4 rings (SSSR count). The third-order valence-corrected chi connectivity index (χ3v) is 5.42. The van der Waals surface area contributed by atoms with Crippen molar-refractivity contribution < 1.29 is 9.59 Å². The van der Waals surface area contributed by atoms with Gasteiger partial charge in [-0.05, 0) is 49.2 Å². The van der Waals surface area contributed by atoms with Gasteiger partial charge in [-0.2, -0.15) is 5.26 Å². The first-order chi connectivity index (χ1) is 13.7. The van der Waals surface area contributed by atoms with E-state index in [1.165, 1.54) is 18.5 Å². The number of amides is 2. The van der Waals surface area contributed by atoms with E-state index in [0.717, 1.165) is 18.8 Å². The van der Waals surface area contributed by atoms with E-state index < -0.39 is 5.92 Å². The number of rotatable bonds is 4. The van der Waals surface area contributed by atoms with Crippen LogP contribution in [0.15, 0.2) is 48.5 Å². The monoisotopic (exact) mass is 374 g/mol. The van der Waals surface area contributed by atoms with Crippen molar-refractivity contribution in [3.05, 3.63) is 54.1 Å². The number of hydrogen-bond donors (Lipinski definition) is 1. The van der Waals surface area contributed by atoms with E-state index >= 15 is 0 Å². The van der Waals surface area contributed by atoms with Crippen LogP contribution in [0.5, 0.6) is 0 Å². The predicted octanol–water partition coefficient (Wildman–Crippen LogP) is 3.15. The average molecular weight is 374 g/mol. The van der Waals surface area contributed by atoms with Crippen molar-refractivity contribution in [3.8, 4) is 6.07 Å². The number of benzene rings is 2. The van der Waals surface area contributed by atoms with Gasteiger partial charge >= 0.3 is 0 Å². The fourth-order valence-electron chi connectivity index (χ4n) is 3.89. The Labute approximate surface area is 164 Å². The number of nitrogens with one attached hydrogen (secondary N) is 1. The fraction of sp³-hybridized carbons (Fsp3) is 0.318. The normalized spacial score (nSPS) is 19.0. The smallest absolute Gasteiger partial charge is 0.229 e. The summed E-state index contributed by atoms with van der Waals surface area (Å²) in [4.78, 5) is 29.0. The maximum absolute atomic E-state index is 12.7. The molecule has 1 atom stereocenters. The second-order valence-corrected chi connectivity index (χ2v) is 7.26. The van der Waals surface area contributed by atoms with E-state index in [4.69, 9.17) is 0 Å². The van der Waals surface area contributed by atoms with E-state index in [2.05, 4.69) is 16.3 Å². The van der Waals surface area contributed by atoms with E-state index in [9.17, 15) is 14.9 Å². The Morgan fingerprint density at radius 3 is 2.50 bits per heavy atom. The number of para-hydroxylation sites is 1. The van der Waals surface area contributed by atoms with E-state index in [1.54, 1.807) is 29.2 Å². The first-order valence-corrected chi connectivity index (χ1v) is 9.61. The summed E-state index contributed by atoms with van der Waals surface area (Å²) in [7, 11) is 0. The van der Waals surface area contributed by atoms with E-state index in [1.807, 2.05) is 24.3 Å². The molecule has 2 amide bonds. The minimum absolute atomic E-state index is 0.132. The van der Waals surface area contributed by atoms with Gasteiger partial charge in [-0.1, -0.05) is 12.1 Å². The molecule has 0 aromatic heterocycles. The number of nitrogens with zero attached hydrogens (tertiary/aromatic N) is 3. The minimum Gasteiger partial charge on any atom is -0.372 e. The highest BCUT2D eigenvalue weighted by Crippen LogP contribution is 2.29. The Bertz CT molecular complexity index is 926. The van der Waals surface area contributed by atoms with Crippen molar-refractivity contribution in [2.24, 2.45) is 5.92 Å². The van der Waals surface area contributed by atoms with Crippen molar-refractivity contribution >= 4 is 28.9 Å². The molecule has 6 nitrogen and oxygen atoms in total. The van der Waals surface area contributed by atoms with Crippen LogP contribution in [-0.2, 0) is 9.59 Å². The van der Waals surface area contributed by atoms with Gasteiger partial charge in [0.2, 0.25) is 11.8 Å². The zero-order valence-corrected chi connectivity index (χ0v) is 15.6. The van der Waals surface area contributed by atoms with Crippen LogP contribution in [-0.4, -0.2) is 31.4 Å². The molecule has 0 bridgehead atoms. The van der Waals surface area contributed by atoms with Gasteiger partial charge in [0.05, 0.1) is 17.2 Å². The zero-order valence-electron chi connectivity index (χ0n) is 15.6. The third kappa shape index (κ3) is 3.56. The molecule has 0 saturated carbocycles. The SMILES string of the molecule is N#Cc1ccccc1N1CC(C(=O)Nc2ccc(N3CCCC3)cc2)CC1=O. The zero-order chi connectivity index (χ0) is 19.5. The second-order valence-electron chi connectivity index (χ2n) is 7.26. The van der Waals surface area contributed by atoms with Crippen molar-refractivity contribution in [2.45, 2.75) is 19.3 Å². The molecular formula is C22H22N4O2. The van der Waals surface area contributed by atoms with Crippen molar-refractivity contribution in [3.63, 3.8) is 0 Å². The molecule has 0 spiro atoms. The highest BCUT2D eigenvalue weighted by atomic mass is 16.2. The van der Waals surface area contributed by atoms with Crippen LogP contribution in [0.4, 0.5) is 17.1 Å². The molecule has 0 aliphatic carbocycles. The first-order valence-electron chi connectivity index (χ1n) is 9.61. The van der Waals surface area contributed by atoms with Crippen LogP contribution >= 0.6 is 0 Å². The summed E-state index contributed by atoms with van der Waals surface area (Å²) in [6.07, 6.45) is 2.59. The molecule has 0 radical (unpaired) electrons. The number of nitriles is 1. The van der Waals surface area contributed by atoms with E-state index in [0.29, 0.717) is 11.3 Å². The highest BCUT2D eigenvalue weighted by Gasteiger charge is 2.36. The Balaban J connectivity index is 1.41. The quantitative estimate of drug-likeness (QED) is 0.892. The Morgan fingerprint density at radius 1 is 1.07 bits per heavy atom. The largest absolute Gasteiger partial charge is 0.372 e. The average Bonchev–Trinajstić information content (AvgIpc) is 3.38. The summed E-state index contributed by atoms with van der Waals surface area (Å²) in [5, 5.41) is 12.2. The van der Waals surface area contributed by atoms with Gasteiger partial charge in [-0.15, -0.1) is 0 Å². The Morgan fingerprint density at radius 2 is 1.79 bits per heavy atom. The Kier molecular flexibility index (Phi) is 4.98. The number of hydrogen-bond acceptors (Lipinski definition) is 4. The summed E-state index contributed by atoms with van der Waals surface area (Å²) >= 11 is 0. The van der Waals surface area contributed by atoms with Crippen LogP contribution in [0.25, 0.3) is 0 Å². The fourth-order valence-corrected chi connectivity index (χ4v) is 3.89. The molecule has 2 fully saturated rings. The van der Waals surface area contributed by atoms with Gasteiger partial charge in [-0.25, -0.2) is 0 Å². The number of carbonyl (C=O) groups excluding carboxylic acids is 2. The summed E-state index contributed by atoms with van der Waals surface area (Å²) in [5.74, 6) is -0.732. The molecular weight excluding hydrogens is 352 g/mol. The predicted molar refractivity (Wildman–Crippen MR) is 108 cm³/mol. The molecule has 6 heteroatoms. The molecule has 2 saturated heterocycles. The van der Waals surface area contributed by atoms with Crippen molar-refractivity contribution in [1.29, 1.82) is 5.26 Å². The molecule has 2 aromatic carbocycles. The van der Waals surface area contributed by atoms with Crippen LogP contribution in [0, 0.1) is 17.2 Å². The van der Waals surface area contributed by atoms with Gasteiger partial charge < -0.3 is 15.1 Å². The summed E-state index contributed by atoms with van der Waals surface area (Å²) in [6.45, 7) is 2.45. The van der Waals surface area contributed by atoms with Crippen molar-refractivity contribution in [2.75, 3.05) is 34.8 Å². The summed E-state index contributed by atoms with van der Waals surface area (Å²) in [6, 6.07) is 16.9. The highest BCUT2D eigenvalue weighted by molar-refractivity contribution is 6.04. The van der Waals surface area contributed by atoms with E-state index in [-0.39, 0.29) is 24.8 Å².